The fourth-order valence-electron chi connectivity index (χ4n) is 1.56. The topological polar surface area (TPSA) is 70.0 Å². The van der Waals surface area contributed by atoms with Gasteiger partial charge in [-0.3, -0.25) is 0 Å². The Morgan fingerprint density at radius 2 is 2.18 bits per heavy atom. The second-order valence-electron chi connectivity index (χ2n) is 4.19. The first-order valence-corrected chi connectivity index (χ1v) is 7.23. The van der Waals surface area contributed by atoms with Gasteiger partial charge in [0.05, 0.1) is 22.3 Å². The lowest BCUT2D eigenvalue weighted by Crippen LogP contribution is -2.24. The van der Waals surface area contributed by atoms with E-state index in [1.807, 2.05) is 6.07 Å². The Balaban J connectivity index is 2.04. The van der Waals surface area contributed by atoms with Crippen molar-refractivity contribution in [2.24, 2.45) is 0 Å². The standard InChI is InChI=1S/C12H14N2O2S/c13-9-10-2-1-3-12(8-10)17(15,16)7-6-14-11-4-5-11/h1-3,8,11,14H,4-7H2. The van der Waals surface area contributed by atoms with Crippen LogP contribution in [0.2, 0.25) is 0 Å². The summed E-state index contributed by atoms with van der Waals surface area (Å²) in [6.07, 6.45) is 2.29. The van der Waals surface area contributed by atoms with Gasteiger partial charge in [0.2, 0.25) is 0 Å². The van der Waals surface area contributed by atoms with Gasteiger partial charge in [-0.05, 0) is 31.0 Å². The van der Waals surface area contributed by atoms with Crippen molar-refractivity contribution < 1.29 is 8.42 Å². The molecule has 0 aromatic heterocycles. The normalized spacial score (nSPS) is 15.5. The summed E-state index contributed by atoms with van der Waals surface area (Å²) in [6.45, 7) is 0.476. The molecule has 17 heavy (non-hydrogen) atoms. The molecule has 1 aliphatic rings. The molecule has 1 N–H and O–H groups in total. The number of hydrogen-bond donors (Lipinski definition) is 1. The van der Waals surface area contributed by atoms with Crippen LogP contribution in [0.3, 0.4) is 0 Å². The minimum Gasteiger partial charge on any atom is -0.313 e. The minimum atomic E-state index is -3.27. The van der Waals surface area contributed by atoms with Gasteiger partial charge in [-0.25, -0.2) is 8.42 Å². The van der Waals surface area contributed by atoms with Crippen molar-refractivity contribution in [2.75, 3.05) is 12.3 Å². The molecule has 4 nitrogen and oxygen atoms in total. The molecule has 0 unspecified atom stereocenters. The summed E-state index contributed by atoms with van der Waals surface area (Å²) >= 11 is 0. The molecular formula is C12H14N2O2S. The number of sulfone groups is 1. The van der Waals surface area contributed by atoms with E-state index in [2.05, 4.69) is 5.32 Å². The van der Waals surface area contributed by atoms with Crippen molar-refractivity contribution in [3.8, 4) is 6.07 Å². The van der Waals surface area contributed by atoms with E-state index in [-0.39, 0.29) is 10.6 Å². The fraction of sp³-hybridized carbons (Fsp3) is 0.417. The highest BCUT2D eigenvalue weighted by molar-refractivity contribution is 7.91. The highest BCUT2D eigenvalue weighted by Gasteiger charge is 2.21. The summed E-state index contributed by atoms with van der Waals surface area (Å²) in [6, 6.07) is 8.61. The maximum absolute atomic E-state index is 12.0. The molecule has 0 bridgehead atoms. The van der Waals surface area contributed by atoms with E-state index in [0.29, 0.717) is 18.2 Å². The van der Waals surface area contributed by atoms with E-state index in [1.165, 1.54) is 12.1 Å². The molecule has 1 aromatic rings. The zero-order valence-corrected chi connectivity index (χ0v) is 10.2. The fourth-order valence-corrected chi connectivity index (χ4v) is 2.78. The van der Waals surface area contributed by atoms with Gasteiger partial charge in [0.1, 0.15) is 0 Å². The molecule has 90 valence electrons. The second-order valence-corrected chi connectivity index (χ2v) is 6.30. The number of nitrogens with one attached hydrogen (secondary N) is 1. The maximum Gasteiger partial charge on any atom is 0.179 e. The predicted molar refractivity (Wildman–Crippen MR) is 64.2 cm³/mol. The molecule has 0 heterocycles. The molecule has 5 heteroatoms. The highest BCUT2D eigenvalue weighted by Crippen LogP contribution is 2.18. The number of rotatable bonds is 5. The number of nitrogens with zero attached hydrogens (tertiary/aromatic N) is 1. The van der Waals surface area contributed by atoms with Gasteiger partial charge < -0.3 is 5.32 Å². The van der Waals surface area contributed by atoms with Crippen molar-refractivity contribution in [3.63, 3.8) is 0 Å². The molecule has 0 aliphatic heterocycles. The number of nitriles is 1. The van der Waals surface area contributed by atoms with E-state index in [0.717, 1.165) is 12.8 Å². The van der Waals surface area contributed by atoms with Crippen molar-refractivity contribution in [1.29, 1.82) is 5.26 Å². The lowest BCUT2D eigenvalue weighted by Gasteiger charge is -2.05. The Hall–Kier alpha value is -1.38. The van der Waals surface area contributed by atoms with Crippen LogP contribution in [0.25, 0.3) is 0 Å². The summed E-state index contributed by atoms with van der Waals surface area (Å²) < 4.78 is 23.9. The van der Waals surface area contributed by atoms with Crippen LogP contribution in [0.15, 0.2) is 29.2 Å². The average Bonchev–Trinajstić information content (AvgIpc) is 3.13. The zero-order chi connectivity index (χ0) is 12.3. The number of hydrogen-bond acceptors (Lipinski definition) is 4. The van der Waals surface area contributed by atoms with Gasteiger partial charge in [0, 0.05) is 12.6 Å². The molecule has 1 aromatic carbocycles. The average molecular weight is 250 g/mol. The van der Waals surface area contributed by atoms with E-state index in [1.54, 1.807) is 12.1 Å². The van der Waals surface area contributed by atoms with Gasteiger partial charge in [0.25, 0.3) is 0 Å². The van der Waals surface area contributed by atoms with Crippen LogP contribution in [0.1, 0.15) is 18.4 Å². The predicted octanol–water partition coefficient (Wildman–Crippen LogP) is 1.08. The van der Waals surface area contributed by atoms with Gasteiger partial charge >= 0.3 is 0 Å². The molecule has 1 fully saturated rings. The monoisotopic (exact) mass is 250 g/mol. The third kappa shape index (κ3) is 3.29. The van der Waals surface area contributed by atoms with E-state index in [4.69, 9.17) is 5.26 Å². The Bertz CT molecular complexity index is 542. The van der Waals surface area contributed by atoms with Gasteiger partial charge in [0.15, 0.2) is 9.84 Å². The molecule has 0 amide bonds. The summed E-state index contributed by atoms with van der Waals surface area (Å²) in [4.78, 5) is 0.231. The van der Waals surface area contributed by atoms with E-state index in [9.17, 15) is 8.42 Å². The Morgan fingerprint density at radius 1 is 1.41 bits per heavy atom. The van der Waals surface area contributed by atoms with Crippen LogP contribution in [0.4, 0.5) is 0 Å². The smallest absolute Gasteiger partial charge is 0.179 e. The molecule has 1 aliphatic carbocycles. The van der Waals surface area contributed by atoms with Crippen molar-refractivity contribution >= 4 is 9.84 Å². The SMILES string of the molecule is N#Cc1cccc(S(=O)(=O)CCNC2CC2)c1. The second kappa shape index (κ2) is 4.86. The largest absolute Gasteiger partial charge is 0.313 e. The lowest BCUT2D eigenvalue weighted by molar-refractivity contribution is 0.590. The van der Waals surface area contributed by atoms with Crippen LogP contribution >= 0.6 is 0 Å². The van der Waals surface area contributed by atoms with Crippen LogP contribution in [-0.2, 0) is 9.84 Å². The van der Waals surface area contributed by atoms with Gasteiger partial charge in [-0.15, -0.1) is 0 Å². The molecule has 0 saturated heterocycles. The molecule has 0 atom stereocenters. The van der Waals surface area contributed by atoms with Crippen LogP contribution < -0.4 is 5.32 Å². The first kappa shape index (κ1) is 12.1. The third-order valence-corrected chi connectivity index (χ3v) is 4.42. The molecule has 0 radical (unpaired) electrons. The Morgan fingerprint density at radius 3 is 2.82 bits per heavy atom. The first-order valence-electron chi connectivity index (χ1n) is 5.58. The summed E-state index contributed by atoms with van der Waals surface area (Å²) in [5.41, 5.74) is 0.376. The first-order chi connectivity index (χ1) is 8.12. The third-order valence-electron chi connectivity index (χ3n) is 2.70. The summed E-state index contributed by atoms with van der Waals surface area (Å²) in [5.74, 6) is 0.0817. The Kier molecular flexibility index (Phi) is 3.46. The summed E-state index contributed by atoms with van der Waals surface area (Å²) in [5, 5.41) is 11.9. The molecular weight excluding hydrogens is 236 g/mol. The van der Waals surface area contributed by atoms with Gasteiger partial charge in [-0.1, -0.05) is 6.07 Å². The van der Waals surface area contributed by atoms with E-state index < -0.39 is 9.84 Å². The van der Waals surface area contributed by atoms with Crippen LogP contribution in [0.5, 0.6) is 0 Å². The van der Waals surface area contributed by atoms with Crippen molar-refractivity contribution in [1.82, 2.24) is 5.32 Å². The number of benzene rings is 1. The van der Waals surface area contributed by atoms with Crippen molar-refractivity contribution in [2.45, 2.75) is 23.8 Å². The van der Waals surface area contributed by atoms with Crippen LogP contribution in [-0.4, -0.2) is 26.8 Å². The minimum absolute atomic E-state index is 0.0817. The maximum atomic E-state index is 12.0. The molecule has 1 saturated carbocycles. The quantitative estimate of drug-likeness (QED) is 0.849. The lowest BCUT2D eigenvalue weighted by atomic mass is 10.2. The molecule has 2 rings (SSSR count). The molecule has 0 spiro atoms. The van der Waals surface area contributed by atoms with E-state index >= 15 is 0 Å². The van der Waals surface area contributed by atoms with Gasteiger partial charge in [-0.2, -0.15) is 5.26 Å². The van der Waals surface area contributed by atoms with Crippen molar-refractivity contribution in [3.05, 3.63) is 29.8 Å². The highest BCUT2D eigenvalue weighted by atomic mass is 32.2. The Labute approximate surface area is 101 Å². The summed E-state index contributed by atoms with van der Waals surface area (Å²) in [7, 11) is -3.27. The van der Waals surface area contributed by atoms with Crippen LogP contribution in [0, 0.1) is 11.3 Å². The zero-order valence-electron chi connectivity index (χ0n) is 9.39.